The SMILES string of the molecule is Cc1cccc(F)c1-c1cc2c(NC(=O)c3ccc(N4CCN(C)CC4)cc3NC3CCC(C#N)C3)n[nH]c2cn1. The minimum Gasteiger partial charge on any atom is -0.382 e. The van der Waals surface area contributed by atoms with Crippen LogP contribution in [0.15, 0.2) is 48.7 Å². The van der Waals surface area contributed by atoms with Crippen molar-refractivity contribution in [2.75, 3.05) is 48.8 Å². The van der Waals surface area contributed by atoms with E-state index in [9.17, 15) is 14.4 Å². The number of fused-ring (bicyclic) bond motifs is 1. The van der Waals surface area contributed by atoms with Crippen molar-refractivity contribution in [2.24, 2.45) is 5.92 Å². The number of H-pyrrole nitrogens is 1. The third-order valence-corrected chi connectivity index (χ3v) is 8.25. The van der Waals surface area contributed by atoms with Crippen molar-refractivity contribution in [3.8, 4) is 17.3 Å². The number of nitriles is 1. The van der Waals surface area contributed by atoms with Crippen LogP contribution in [0.3, 0.4) is 0 Å². The van der Waals surface area contributed by atoms with Gasteiger partial charge >= 0.3 is 0 Å². The van der Waals surface area contributed by atoms with E-state index in [1.54, 1.807) is 18.3 Å². The number of amides is 1. The maximum atomic E-state index is 14.7. The van der Waals surface area contributed by atoms with Crippen molar-refractivity contribution in [1.82, 2.24) is 20.1 Å². The summed E-state index contributed by atoms with van der Waals surface area (Å²) in [6.07, 6.45) is 4.09. The third-order valence-electron chi connectivity index (χ3n) is 8.25. The van der Waals surface area contributed by atoms with Gasteiger partial charge in [-0.25, -0.2) is 4.39 Å². The molecule has 1 aliphatic heterocycles. The number of halogens is 1. The molecular weight excluding hydrogens is 519 g/mol. The number of aromatic amines is 1. The lowest BCUT2D eigenvalue weighted by Crippen LogP contribution is -2.44. The lowest BCUT2D eigenvalue weighted by molar-refractivity contribution is 0.102. The topological polar surface area (TPSA) is 113 Å². The number of nitrogens with one attached hydrogen (secondary N) is 3. The summed E-state index contributed by atoms with van der Waals surface area (Å²) in [6, 6.07) is 15.1. The second kappa shape index (κ2) is 11.2. The van der Waals surface area contributed by atoms with E-state index in [4.69, 9.17) is 0 Å². The maximum absolute atomic E-state index is 14.7. The molecule has 210 valence electrons. The number of pyridine rings is 1. The number of carbonyl (C=O) groups excluding carboxylic acids is 1. The largest absolute Gasteiger partial charge is 0.382 e. The second-order valence-electron chi connectivity index (χ2n) is 11.1. The molecule has 3 N–H and O–H groups in total. The molecule has 2 fully saturated rings. The summed E-state index contributed by atoms with van der Waals surface area (Å²) >= 11 is 0. The Bertz CT molecular complexity index is 1610. The van der Waals surface area contributed by atoms with E-state index in [0.717, 1.165) is 62.4 Å². The van der Waals surface area contributed by atoms with Crippen molar-refractivity contribution in [3.05, 3.63) is 65.6 Å². The quantitative estimate of drug-likeness (QED) is 0.302. The Morgan fingerprint density at radius 1 is 1.15 bits per heavy atom. The Morgan fingerprint density at radius 2 is 1.98 bits per heavy atom. The van der Waals surface area contributed by atoms with Gasteiger partial charge in [0.15, 0.2) is 5.82 Å². The molecular formula is C31H33FN8O. The molecule has 2 aromatic carbocycles. The number of piperazine rings is 1. The van der Waals surface area contributed by atoms with Crippen LogP contribution in [-0.4, -0.2) is 65.3 Å². The number of aryl methyl sites for hydroxylation is 1. The van der Waals surface area contributed by atoms with Gasteiger partial charge in [-0.05, 0) is 69.1 Å². The monoisotopic (exact) mass is 552 g/mol. The second-order valence-corrected chi connectivity index (χ2v) is 11.1. The Kier molecular flexibility index (Phi) is 7.28. The van der Waals surface area contributed by atoms with Gasteiger partial charge in [-0.2, -0.15) is 10.4 Å². The average Bonchev–Trinajstić information content (AvgIpc) is 3.60. The van der Waals surface area contributed by atoms with Crippen LogP contribution in [0.4, 0.5) is 21.6 Å². The summed E-state index contributed by atoms with van der Waals surface area (Å²) in [5.74, 6) is -0.280. The minimum absolute atomic E-state index is 0.0295. The smallest absolute Gasteiger partial charge is 0.258 e. The number of likely N-dealkylation sites (N-methyl/N-ethyl adjacent to an activating group) is 1. The van der Waals surface area contributed by atoms with Gasteiger partial charge in [-0.15, -0.1) is 0 Å². The predicted molar refractivity (Wildman–Crippen MR) is 158 cm³/mol. The highest BCUT2D eigenvalue weighted by atomic mass is 19.1. The van der Waals surface area contributed by atoms with Crippen LogP contribution in [0.1, 0.15) is 35.2 Å². The first kappa shape index (κ1) is 26.7. The number of rotatable bonds is 6. The lowest BCUT2D eigenvalue weighted by atomic mass is 10.0. The van der Waals surface area contributed by atoms with Crippen molar-refractivity contribution in [2.45, 2.75) is 32.2 Å². The summed E-state index contributed by atoms with van der Waals surface area (Å²) in [6.45, 7) is 5.63. The van der Waals surface area contributed by atoms with Gasteiger partial charge in [0.1, 0.15) is 5.82 Å². The summed E-state index contributed by atoms with van der Waals surface area (Å²) in [5.41, 5.74) is 4.60. The van der Waals surface area contributed by atoms with Crippen molar-refractivity contribution >= 4 is 34.0 Å². The van der Waals surface area contributed by atoms with Gasteiger partial charge in [0, 0.05) is 60.5 Å². The number of aromatic nitrogens is 3. The number of hydrogen-bond donors (Lipinski definition) is 3. The molecule has 1 aliphatic carbocycles. The van der Waals surface area contributed by atoms with Crippen LogP contribution in [0.5, 0.6) is 0 Å². The van der Waals surface area contributed by atoms with E-state index in [1.807, 2.05) is 31.2 Å². The number of carbonyl (C=O) groups is 1. The van der Waals surface area contributed by atoms with E-state index in [0.29, 0.717) is 33.5 Å². The highest BCUT2D eigenvalue weighted by Crippen LogP contribution is 2.33. The number of nitrogens with zero attached hydrogens (tertiary/aromatic N) is 5. The van der Waals surface area contributed by atoms with Crippen LogP contribution < -0.4 is 15.5 Å². The molecule has 2 aromatic heterocycles. The Morgan fingerprint density at radius 3 is 2.73 bits per heavy atom. The molecule has 2 atom stereocenters. The molecule has 3 heterocycles. The average molecular weight is 553 g/mol. The molecule has 0 bridgehead atoms. The Balaban J connectivity index is 1.30. The number of anilines is 3. The number of benzene rings is 2. The van der Waals surface area contributed by atoms with Crippen LogP contribution in [0.2, 0.25) is 0 Å². The van der Waals surface area contributed by atoms with E-state index in [1.165, 1.54) is 6.07 Å². The van der Waals surface area contributed by atoms with Crippen LogP contribution in [-0.2, 0) is 0 Å². The minimum atomic E-state index is -0.354. The van der Waals surface area contributed by atoms with Crippen molar-refractivity contribution in [3.63, 3.8) is 0 Å². The first-order valence-electron chi connectivity index (χ1n) is 14.0. The first-order chi connectivity index (χ1) is 19.9. The standard InChI is InChI=1S/C31H33FN8O/c1-19-4-3-5-25(32)29(19)27-16-24-28(18-34-27)37-38-30(24)36-31(41)23-9-8-22(40-12-10-39(2)11-13-40)15-26(23)35-21-7-6-20(14-21)17-33/h3-5,8-9,15-16,18,20-21,35H,6-7,10-14H2,1-2H3,(H2,36,37,38,41). The highest BCUT2D eigenvalue weighted by molar-refractivity contribution is 6.11. The molecule has 1 saturated heterocycles. The zero-order valence-electron chi connectivity index (χ0n) is 23.2. The number of hydrogen-bond acceptors (Lipinski definition) is 7. The molecule has 9 nitrogen and oxygen atoms in total. The first-order valence-corrected chi connectivity index (χ1v) is 14.0. The van der Waals surface area contributed by atoms with E-state index in [2.05, 4.69) is 48.7 Å². The summed E-state index contributed by atoms with van der Waals surface area (Å²) in [5, 5.41) is 23.8. The zero-order chi connectivity index (χ0) is 28.5. The fraction of sp³-hybridized carbons (Fsp3) is 0.355. The molecule has 2 aliphatic rings. The third kappa shape index (κ3) is 5.45. The van der Waals surface area contributed by atoms with Gasteiger partial charge in [-0.1, -0.05) is 12.1 Å². The van der Waals surface area contributed by atoms with Gasteiger partial charge in [-0.3, -0.25) is 14.9 Å². The van der Waals surface area contributed by atoms with E-state index in [-0.39, 0.29) is 23.7 Å². The zero-order valence-corrected chi connectivity index (χ0v) is 23.2. The molecule has 41 heavy (non-hydrogen) atoms. The summed E-state index contributed by atoms with van der Waals surface area (Å²) < 4.78 is 14.7. The molecule has 4 aromatic rings. The fourth-order valence-corrected chi connectivity index (χ4v) is 5.84. The molecule has 1 saturated carbocycles. The van der Waals surface area contributed by atoms with Gasteiger partial charge < -0.3 is 20.4 Å². The van der Waals surface area contributed by atoms with Gasteiger partial charge in [0.25, 0.3) is 5.91 Å². The molecule has 2 unspecified atom stereocenters. The fourth-order valence-electron chi connectivity index (χ4n) is 5.84. The summed E-state index contributed by atoms with van der Waals surface area (Å²) in [4.78, 5) is 22.8. The Labute approximate surface area is 238 Å². The highest BCUT2D eigenvalue weighted by Gasteiger charge is 2.27. The van der Waals surface area contributed by atoms with E-state index >= 15 is 0 Å². The lowest BCUT2D eigenvalue weighted by Gasteiger charge is -2.34. The van der Waals surface area contributed by atoms with Crippen LogP contribution in [0, 0.1) is 30.0 Å². The van der Waals surface area contributed by atoms with Crippen LogP contribution >= 0.6 is 0 Å². The van der Waals surface area contributed by atoms with Crippen LogP contribution in [0.25, 0.3) is 22.2 Å². The van der Waals surface area contributed by atoms with E-state index < -0.39 is 0 Å². The Hall–Kier alpha value is -4.49. The van der Waals surface area contributed by atoms with Gasteiger partial charge in [0.2, 0.25) is 0 Å². The maximum Gasteiger partial charge on any atom is 0.258 e. The van der Waals surface area contributed by atoms with Gasteiger partial charge in [0.05, 0.1) is 29.0 Å². The molecule has 1 amide bonds. The normalized spacial score (nSPS) is 19.3. The molecule has 6 rings (SSSR count). The molecule has 10 heteroatoms. The molecule has 0 spiro atoms. The molecule has 0 radical (unpaired) electrons. The van der Waals surface area contributed by atoms with Crippen molar-refractivity contribution < 1.29 is 9.18 Å². The van der Waals surface area contributed by atoms with Crippen molar-refractivity contribution in [1.29, 1.82) is 5.26 Å². The predicted octanol–water partition coefficient (Wildman–Crippen LogP) is 5.18. The summed E-state index contributed by atoms with van der Waals surface area (Å²) in [7, 11) is 2.12.